The van der Waals surface area contributed by atoms with E-state index in [2.05, 4.69) is 15.6 Å². The lowest BCUT2D eigenvalue weighted by Gasteiger charge is -2.24. The number of nitrogens with zero attached hydrogens (tertiary/aromatic N) is 2. The first-order valence-electron chi connectivity index (χ1n) is 10.8. The molecule has 0 aliphatic heterocycles. The van der Waals surface area contributed by atoms with Gasteiger partial charge in [0.15, 0.2) is 10.9 Å². The van der Waals surface area contributed by atoms with Crippen LogP contribution >= 0.6 is 11.3 Å². The van der Waals surface area contributed by atoms with Crippen LogP contribution in [-0.2, 0) is 14.8 Å². The van der Waals surface area contributed by atoms with Crippen molar-refractivity contribution in [3.05, 3.63) is 102 Å². The topological polar surface area (TPSA) is 118 Å². The Labute approximate surface area is 212 Å². The number of carbonyl (C=O) groups is 2. The van der Waals surface area contributed by atoms with Crippen LogP contribution in [0.3, 0.4) is 0 Å². The van der Waals surface area contributed by atoms with E-state index in [-0.39, 0.29) is 17.0 Å². The molecule has 0 spiro atoms. The molecule has 1 aromatic heterocycles. The van der Waals surface area contributed by atoms with Gasteiger partial charge in [0.1, 0.15) is 0 Å². The fourth-order valence-electron chi connectivity index (χ4n) is 3.08. The molecule has 184 valence electrons. The summed E-state index contributed by atoms with van der Waals surface area (Å²) in [5.74, 6) is -0.606. The molecule has 0 saturated carbocycles. The Kier molecular flexibility index (Phi) is 7.62. The van der Waals surface area contributed by atoms with Crippen LogP contribution in [0.25, 0.3) is 0 Å². The van der Waals surface area contributed by atoms with Crippen LogP contribution in [0, 0.1) is 6.92 Å². The SMILES string of the molecule is Cc1csc(NC(=O)CNC(=O)c2ccc(S(=O)(=O)N(Oc3ccccc3)c3ccccc3)cc2)n1. The van der Waals surface area contributed by atoms with Gasteiger partial charge in [-0.15, -0.1) is 11.3 Å². The van der Waals surface area contributed by atoms with Crippen molar-refractivity contribution in [3.8, 4) is 5.75 Å². The molecule has 0 unspecified atom stereocenters. The minimum absolute atomic E-state index is 0.0734. The van der Waals surface area contributed by atoms with Gasteiger partial charge in [-0.25, -0.2) is 4.98 Å². The summed E-state index contributed by atoms with van der Waals surface area (Å²) in [6.07, 6.45) is 0. The zero-order valence-electron chi connectivity index (χ0n) is 19.1. The van der Waals surface area contributed by atoms with Gasteiger partial charge in [-0.05, 0) is 55.5 Å². The molecule has 2 N–H and O–H groups in total. The number of nitrogens with one attached hydrogen (secondary N) is 2. The van der Waals surface area contributed by atoms with Crippen LogP contribution in [0.1, 0.15) is 16.1 Å². The van der Waals surface area contributed by atoms with Crippen molar-refractivity contribution in [2.45, 2.75) is 11.8 Å². The van der Waals surface area contributed by atoms with Crippen molar-refractivity contribution >= 4 is 44.0 Å². The van der Waals surface area contributed by atoms with Gasteiger partial charge in [0, 0.05) is 10.9 Å². The molecule has 4 aromatic rings. The number of benzene rings is 3. The number of aromatic nitrogens is 1. The molecule has 0 bridgehead atoms. The number of anilines is 2. The van der Waals surface area contributed by atoms with Gasteiger partial charge in [-0.2, -0.15) is 8.42 Å². The van der Waals surface area contributed by atoms with Crippen LogP contribution in [0.15, 0.2) is 95.2 Å². The molecule has 4 rings (SSSR count). The Morgan fingerprint density at radius 1 is 0.944 bits per heavy atom. The van der Waals surface area contributed by atoms with Crippen molar-refractivity contribution in [1.82, 2.24) is 10.3 Å². The molecule has 0 fully saturated rings. The average molecular weight is 523 g/mol. The smallest absolute Gasteiger partial charge is 0.295 e. The van der Waals surface area contributed by atoms with Crippen LogP contribution in [0.5, 0.6) is 5.75 Å². The average Bonchev–Trinajstić information content (AvgIpc) is 3.31. The van der Waals surface area contributed by atoms with E-state index in [0.29, 0.717) is 16.6 Å². The van der Waals surface area contributed by atoms with Gasteiger partial charge in [0.2, 0.25) is 5.91 Å². The Hall–Kier alpha value is -4.22. The second-order valence-electron chi connectivity index (χ2n) is 7.52. The third kappa shape index (κ3) is 6.06. The number of hydrogen-bond acceptors (Lipinski definition) is 7. The second-order valence-corrected chi connectivity index (χ2v) is 10.1. The highest BCUT2D eigenvalue weighted by Crippen LogP contribution is 2.26. The van der Waals surface area contributed by atoms with E-state index in [1.807, 2.05) is 6.92 Å². The maximum absolute atomic E-state index is 13.5. The van der Waals surface area contributed by atoms with Crippen molar-refractivity contribution in [1.29, 1.82) is 0 Å². The lowest BCUT2D eigenvalue weighted by molar-refractivity contribution is -0.115. The molecule has 2 amide bonds. The minimum Gasteiger partial charge on any atom is -0.364 e. The molecule has 3 aromatic carbocycles. The summed E-state index contributed by atoms with van der Waals surface area (Å²) in [6.45, 7) is 1.55. The summed E-state index contributed by atoms with van der Waals surface area (Å²) in [6, 6.07) is 22.3. The Bertz CT molecular complexity index is 1440. The van der Waals surface area contributed by atoms with E-state index in [0.717, 1.165) is 10.2 Å². The van der Waals surface area contributed by atoms with Gasteiger partial charge in [0.05, 0.1) is 22.8 Å². The molecule has 0 atom stereocenters. The summed E-state index contributed by atoms with van der Waals surface area (Å²) in [7, 11) is -4.14. The van der Waals surface area contributed by atoms with Crippen LogP contribution < -0.4 is 19.9 Å². The van der Waals surface area contributed by atoms with Crippen molar-refractivity contribution in [2.75, 3.05) is 16.3 Å². The standard InChI is InChI=1S/C25H22N4O5S2/c1-18-17-35-25(27-18)28-23(30)16-26-24(31)19-12-14-22(15-13-19)36(32,33)29(20-8-4-2-5-9-20)34-21-10-6-3-7-11-21/h2-15,17H,16H2,1H3,(H,26,31)(H,27,28,30). The van der Waals surface area contributed by atoms with E-state index in [4.69, 9.17) is 4.84 Å². The zero-order chi connectivity index (χ0) is 25.5. The normalized spacial score (nSPS) is 10.9. The predicted octanol–water partition coefficient (Wildman–Crippen LogP) is 4.01. The number of hydrogen-bond donors (Lipinski definition) is 2. The predicted molar refractivity (Wildman–Crippen MR) is 137 cm³/mol. The van der Waals surface area contributed by atoms with Crippen LogP contribution in [0.4, 0.5) is 10.8 Å². The molecule has 0 radical (unpaired) electrons. The number of para-hydroxylation sites is 2. The van der Waals surface area contributed by atoms with Gasteiger partial charge < -0.3 is 15.5 Å². The third-order valence-electron chi connectivity index (χ3n) is 4.81. The Morgan fingerprint density at radius 3 is 2.19 bits per heavy atom. The first-order chi connectivity index (χ1) is 17.3. The number of aryl methyl sites for hydroxylation is 1. The number of sulfonamides is 1. The lowest BCUT2D eigenvalue weighted by atomic mass is 10.2. The maximum Gasteiger partial charge on any atom is 0.295 e. The molecule has 0 aliphatic carbocycles. The molecule has 1 heterocycles. The molecule has 36 heavy (non-hydrogen) atoms. The first kappa shape index (κ1) is 24.9. The van der Waals surface area contributed by atoms with E-state index >= 15 is 0 Å². The fraction of sp³-hybridized carbons (Fsp3) is 0.0800. The molecule has 0 saturated heterocycles. The molecule has 0 aliphatic rings. The summed E-state index contributed by atoms with van der Waals surface area (Å²) >= 11 is 1.29. The van der Waals surface area contributed by atoms with E-state index < -0.39 is 21.8 Å². The van der Waals surface area contributed by atoms with Gasteiger partial charge >= 0.3 is 0 Å². The number of carbonyl (C=O) groups excluding carboxylic acids is 2. The summed E-state index contributed by atoms with van der Waals surface area (Å²) in [5, 5.41) is 7.35. The Balaban J connectivity index is 1.47. The maximum atomic E-state index is 13.5. The highest BCUT2D eigenvalue weighted by Gasteiger charge is 2.27. The second kappa shape index (κ2) is 11.0. The largest absolute Gasteiger partial charge is 0.364 e. The van der Waals surface area contributed by atoms with Gasteiger partial charge in [-0.1, -0.05) is 40.9 Å². The minimum atomic E-state index is -4.14. The van der Waals surface area contributed by atoms with Gasteiger partial charge in [0.25, 0.3) is 15.9 Å². The van der Waals surface area contributed by atoms with Crippen LogP contribution in [0.2, 0.25) is 0 Å². The summed E-state index contributed by atoms with van der Waals surface area (Å²) in [5.41, 5.74) is 1.29. The summed E-state index contributed by atoms with van der Waals surface area (Å²) < 4.78 is 27.7. The zero-order valence-corrected chi connectivity index (χ0v) is 20.8. The highest BCUT2D eigenvalue weighted by molar-refractivity contribution is 7.92. The van der Waals surface area contributed by atoms with Gasteiger partial charge in [-0.3, -0.25) is 9.59 Å². The Morgan fingerprint density at radius 2 is 1.58 bits per heavy atom. The third-order valence-corrected chi connectivity index (χ3v) is 7.27. The van der Waals surface area contributed by atoms with Crippen molar-refractivity contribution in [2.24, 2.45) is 0 Å². The molecule has 9 nitrogen and oxygen atoms in total. The number of rotatable bonds is 9. The highest BCUT2D eigenvalue weighted by atomic mass is 32.2. The lowest BCUT2D eigenvalue weighted by Crippen LogP contribution is -2.34. The first-order valence-corrected chi connectivity index (χ1v) is 13.1. The van der Waals surface area contributed by atoms with E-state index in [1.165, 1.54) is 35.6 Å². The molecular weight excluding hydrogens is 500 g/mol. The van der Waals surface area contributed by atoms with Crippen molar-refractivity contribution < 1.29 is 22.8 Å². The number of amides is 2. The fourth-order valence-corrected chi connectivity index (χ4v) is 5.04. The quantitative estimate of drug-likeness (QED) is 0.321. The number of thiazole rings is 1. The molecule has 11 heteroatoms. The van der Waals surface area contributed by atoms with Crippen LogP contribution in [-0.4, -0.2) is 31.8 Å². The molecular formula is C25H22N4O5S2. The van der Waals surface area contributed by atoms with E-state index in [1.54, 1.807) is 66.0 Å². The monoisotopic (exact) mass is 522 g/mol. The van der Waals surface area contributed by atoms with E-state index in [9.17, 15) is 18.0 Å². The van der Waals surface area contributed by atoms with Crippen molar-refractivity contribution in [3.63, 3.8) is 0 Å². The summed E-state index contributed by atoms with van der Waals surface area (Å²) in [4.78, 5) is 34.3.